The Hall–Kier alpha value is -4.50. The van der Waals surface area contributed by atoms with Crippen LogP contribution in [0.1, 0.15) is 0 Å². The third kappa shape index (κ3) is 3.06. The van der Waals surface area contributed by atoms with Gasteiger partial charge in [0.25, 0.3) is 0 Å². The van der Waals surface area contributed by atoms with Crippen molar-refractivity contribution in [2.45, 2.75) is 0 Å². The van der Waals surface area contributed by atoms with Gasteiger partial charge < -0.3 is 15.3 Å². The fourth-order valence-electron chi connectivity index (χ4n) is 4.85. The molecule has 6 rings (SSSR count). The van der Waals surface area contributed by atoms with Gasteiger partial charge in [-0.25, -0.2) is 0 Å². The van der Waals surface area contributed by atoms with Gasteiger partial charge in [0.05, 0.1) is 0 Å². The highest BCUT2D eigenvalue weighted by atomic mass is 16.3. The highest BCUT2D eigenvalue weighted by Gasteiger charge is 2.16. The molecule has 0 amide bonds. The van der Waals surface area contributed by atoms with Crippen molar-refractivity contribution in [3.8, 4) is 39.5 Å². The lowest BCUT2D eigenvalue weighted by Gasteiger charge is -2.16. The van der Waals surface area contributed by atoms with Crippen molar-refractivity contribution in [1.82, 2.24) is 0 Å². The average molecular weight is 428 g/mol. The molecule has 0 aliphatic rings. The summed E-state index contributed by atoms with van der Waals surface area (Å²) in [5.41, 5.74) is 3.89. The van der Waals surface area contributed by atoms with E-state index in [0.29, 0.717) is 0 Å². The van der Waals surface area contributed by atoms with Gasteiger partial charge in [0, 0.05) is 5.39 Å². The molecule has 0 aromatic heterocycles. The average Bonchev–Trinajstić information content (AvgIpc) is 2.83. The van der Waals surface area contributed by atoms with E-state index in [4.69, 9.17) is 0 Å². The Labute approximate surface area is 190 Å². The van der Waals surface area contributed by atoms with Gasteiger partial charge >= 0.3 is 0 Å². The smallest absolute Gasteiger partial charge is 0.124 e. The zero-order chi connectivity index (χ0) is 22.5. The number of fused-ring (bicyclic) bond motifs is 3. The molecule has 0 saturated carbocycles. The summed E-state index contributed by atoms with van der Waals surface area (Å²) in [7, 11) is 0. The van der Waals surface area contributed by atoms with Gasteiger partial charge in [0.15, 0.2) is 0 Å². The molecule has 0 atom stereocenters. The second-order valence-corrected chi connectivity index (χ2v) is 8.28. The Morgan fingerprint density at radius 2 is 1.03 bits per heavy atom. The lowest BCUT2D eigenvalue weighted by atomic mass is 9.88. The second kappa shape index (κ2) is 7.28. The molecule has 0 spiro atoms. The topological polar surface area (TPSA) is 60.7 Å². The third-order valence-electron chi connectivity index (χ3n) is 6.33. The van der Waals surface area contributed by atoms with Crippen LogP contribution in [0.3, 0.4) is 0 Å². The van der Waals surface area contributed by atoms with Crippen molar-refractivity contribution in [3.05, 3.63) is 103 Å². The molecule has 0 aliphatic carbocycles. The number of hydrogen-bond acceptors (Lipinski definition) is 3. The summed E-state index contributed by atoms with van der Waals surface area (Å²) >= 11 is 0. The molecule has 33 heavy (non-hydrogen) atoms. The highest BCUT2D eigenvalue weighted by molar-refractivity contribution is 6.14. The van der Waals surface area contributed by atoms with Gasteiger partial charge in [-0.15, -0.1) is 0 Å². The maximum absolute atomic E-state index is 11.0. The largest absolute Gasteiger partial charge is 0.508 e. The first-order valence-corrected chi connectivity index (χ1v) is 10.8. The first-order chi connectivity index (χ1) is 16.1. The van der Waals surface area contributed by atoms with Crippen LogP contribution in [-0.2, 0) is 0 Å². The van der Waals surface area contributed by atoms with E-state index >= 15 is 0 Å². The summed E-state index contributed by atoms with van der Waals surface area (Å²) in [6.07, 6.45) is 0. The van der Waals surface area contributed by atoms with E-state index in [9.17, 15) is 15.3 Å². The first kappa shape index (κ1) is 19.2. The molecular formula is C30H20O3. The molecule has 6 aromatic carbocycles. The molecular weight excluding hydrogens is 408 g/mol. The summed E-state index contributed by atoms with van der Waals surface area (Å²) < 4.78 is 0. The molecule has 0 bridgehead atoms. The van der Waals surface area contributed by atoms with Crippen molar-refractivity contribution >= 4 is 32.3 Å². The van der Waals surface area contributed by atoms with Crippen molar-refractivity contribution in [2.24, 2.45) is 0 Å². The SMILES string of the molecule is Oc1ccc2c(-c3ccc(-c4cccc5ccc(O)cc45)c4c(O)cccc34)cccc2c1. The number of phenols is 3. The molecule has 0 unspecified atom stereocenters. The molecule has 6 aromatic rings. The lowest BCUT2D eigenvalue weighted by molar-refractivity contribution is 0.475. The summed E-state index contributed by atoms with van der Waals surface area (Å²) in [5.74, 6) is 0.648. The van der Waals surface area contributed by atoms with Gasteiger partial charge in [-0.1, -0.05) is 72.8 Å². The van der Waals surface area contributed by atoms with Crippen LogP contribution in [0.4, 0.5) is 0 Å². The quantitative estimate of drug-likeness (QED) is 0.266. The van der Waals surface area contributed by atoms with Gasteiger partial charge in [-0.2, -0.15) is 0 Å². The zero-order valence-electron chi connectivity index (χ0n) is 17.7. The molecule has 3 heteroatoms. The molecule has 0 aliphatic heterocycles. The van der Waals surface area contributed by atoms with Crippen LogP contribution in [0.5, 0.6) is 17.2 Å². The molecule has 158 valence electrons. The van der Waals surface area contributed by atoms with E-state index in [-0.39, 0.29) is 17.2 Å². The van der Waals surface area contributed by atoms with Crippen molar-refractivity contribution in [1.29, 1.82) is 0 Å². The van der Waals surface area contributed by atoms with Crippen molar-refractivity contribution < 1.29 is 15.3 Å². The normalized spacial score (nSPS) is 11.4. The molecule has 0 radical (unpaired) electrons. The zero-order valence-corrected chi connectivity index (χ0v) is 17.7. The number of benzene rings is 6. The molecule has 0 heterocycles. The number of hydrogen-bond donors (Lipinski definition) is 3. The summed E-state index contributed by atoms with van der Waals surface area (Å²) in [6.45, 7) is 0. The number of aromatic hydroxyl groups is 3. The van der Waals surface area contributed by atoms with Crippen molar-refractivity contribution in [3.63, 3.8) is 0 Å². The minimum atomic E-state index is 0.208. The predicted octanol–water partition coefficient (Wildman–Crippen LogP) is 7.60. The van der Waals surface area contributed by atoms with Gasteiger partial charge in [-0.3, -0.25) is 0 Å². The summed E-state index contributed by atoms with van der Waals surface area (Å²) in [6, 6.07) is 32.5. The number of phenolic OH excluding ortho intramolecular Hbond substituents is 3. The Bertz CT molecular complexity index is 1700. The van der Waals surface area contributed by atoms with E-state index in [2.05, 4.69) is 12.1 Å². The minimum Gasteiger partial charge on any atom is -0.508 e. The van der Waals surface area contributed by atoms with Crippen LogP contribution in [0, 0.1) is 0 Å². The minimum absolute atomic E-state index is 0.208. The van der Waals surface area contributed by atoms with Gasteiger partial charge in [0.1, 0.15) is 17.2 Å². The molecule has 3 N–H and O–H groups in total. The maximum Gasteiger partial charge on any atom is 0.124 e. The fourth-order valence-corrected chi connectivity index (χ4v) is 4.85. The third-order valence-corrected chi connectivity index (χ3v) is 6.33. The Morgan fingerprint density at radius 1 is 0.394 bits per heavy atom. The van der Waals surface area contributed by atoms with Crippen LogP contribution in [0.15, 0.2) is 103 Å². The van der Waals surface area contributed by atoms with Crippen LogP contribution in [0.2, 0.25) is 0 Å². The number of rotatable bonds is 2. The molecule has 3 nitrogen and oxygen atoms in total. The highest BCUT2D eigenvalue weighted by Crippen LogP contribution is 2.43. The van der Waals surface area contributed by atoms with Crippen LogP contribution in [-0.4, -0.2) is 15.3 Å². The lowest BCUT2D eigenvalue weighted by Crippen LogP contribution is -1.89. The van der Waals surface area contributed by atoms with E-state index in [1.165, 1.54) is 0 Å². The summed E-state index contributed by atoms with van der Waals surface area (Å²) in [4.78, 5) is 0. The summed E-state index contributed by atoms with van der Waals surface area (Å²) in [5, 5.41) is 36.6. The van der Waals surface area contributed by atoms with Gasteiger partial charge in [-0.05, 0) is 79.5 Å². The van der Waals surface area contributed by atoms with Gasteiger partial charge in [0.2, 0.25) is 0 Å². The van der Waals surface area contributed by atoms with Crippen LogP contribution in [0.25, 0.3) is 54.6 Å². The Balaban J connectivity index is 1.69. The van der Waals surface area contributed by atoms with E-state index < -0.39 is 0 Å². The van der Waals surface area contributed by atoms with Crippen LogP contribution >= 0.6 is 0 Å². The van der Waals surface area contributed by atoms with E-state index in [1.807, 2.05) is 60.7 Å². The molecule has 0 saturated heterocycles. The Kier molecular flexibility index (Phi) is 4.24. The van der Waals surface area contributed by atoms with E-state index in [0.717, 1.165) is 54.6 Å². The monoisotopic (exact) mass is 428 g/mol. The fraction of sp³-hybridized carbons (Fsp3) is 0. The second-order valence-electron chi connectivity index (χ2n) is 8.28. The van der Waals surface area contributed by atoms with Crippen LogP contribution < -0.4 is 0 Å². The predicted molar refractivity (Wildman–Crippen MR) is 135 cm³/mol. The van der Waals surface area contributed by atoms with E-state index in [1.54, 1.807) is 30.3 Å². The first-order valence-electron chi connectivity index (χ1n) is 10.8. The molecule has 0 fully saturated rings. The standard InChI is InChI=1S/C30H20O3/c31-20-12-13-22-19(16-20)5-2-6-23(22)25-14-15-27(30-26(25)8-3-9-29(30)33)24-7-1-4-18-10-11-21(32)17-28(18)24/h1-17,31-33H. The van der Waals surface area contributed by atoms with Crippen molar-refractivity contribution in [2.75, 3.05) is 0 Å². The Morgan fingerprint density at radius 3 is 1.88 bits per heavy atom. The maximum atomic E-state index is 11.0.